The van der Waals surface area contributed by atoms with Crippen LogP contribution in [0.5, 0.6) is 0 Å². The van der Waals surface area contributed by atoms with Crippen molar-refractivity contribution in [1.82, 2.24) is 5.32 Å². The number of anilines is 1. The van der Waals surface area contributed by atoms with Gasteiger partial charge in [0.2, 0.25) is 5.91 Å². The zero-order valence-corrected chi connectivity index (χ0v) is 11.1. The van der Waals surface area contributed by atoms with Gasteiger partial charge < -0.3 is 9.73 Å². The molecule has 1 aromatic heterocycles. The summed E-state index contributed by atoms with van der Waals surface area (Å²) in [6.45, 7) is 4.20. The minimum absolute atomic E-state index is 0.0123. The zero-order chi connectivity index (χ0) is 13.7. The van der Waals surface area contributed by atoms with Crippen molar-refractivity contribution >= 4 is 11.6 Å². The Bertz CT molecular complexity index is 535. The van der Waals surface area contributed by atoms with Crippen LogP contribution >= 0.6 is 0 Å². The quantitative estimate of drug-likeness (QED) is 0.867. The van der Waals surface area contributed by atoms with Crippen molar-refractivity contribution < 1.29 is 9.21 Å². The Hall–Kier alpha value is -2.07. The summed E-state index contributed by atoms with van der Waals surface area (Å²) in [5.41, 5.74) is 1.94. The average molecular weight is 258 g/mol. The first kappa shape index (κ1) is 13.4. The van der Waals surface area contributed by atoms with E-state index in [1.807, 2.05) is 50.2 Å². The third-order valence-electron chi connectivity index (χ3n) is 2.84. The summed E-state index contributed by atoms with van der Waals surface area (Å²) < 4.78 is 5.27. The van der Waals surface area contributed by atoms with Crippen molar-refractivity contribution in [1.29, 1.82) is 0 Å². The van der Waals surface area contributed by atoms with Crippen LogP contribution in [-0.2, 0) is 4.79 Å². The molecule has 2 aromatic rings. The SMILES string of the molecule is Cc1cccc(NC(=O)CNC(C)c2ccco2)c1. The lowest BCUT2D eigenvalue weighted by Gasteiger charge is -2.11. The highest BCUT2D eigenvalue weighted by atomic mass is 16.3. The summed E-state index contributed by atoms with van der Waals surface area (Å²) in [4.78, 5) is 11.8. The number of amides is 1. The van der Waals surface area contributed by atoms with Crippen LogP contribution in [-0.4, -0.2) is 12.5 Å². The highest BCUT2D eigenvalue weighted by molar-refractivity contribution is 5.92. The number of furan rings is 1. The molecule has 0 saturated carbocycles. The van der Waals surface area contributed by atoms with E-state index in [0.717, 1.165) is 17.0 Å². The average Bonchev–Trinajstić information content (AvgIpc) is 2.90. The third kappa shape index (κ3) is 3.96. The Morgan fingerprint density at radius 3 is 2.84 bits per heavy atom. The zero-order valence-electron chi connectivity index (χ0n) is 11.1. The van der Waals surface area contributed by atoms with E-state index in [9.17, 15) is 4.79 Å². The molecule has 19 heavy (non-hydrogen) atoms. The molecule has 4 heteroatoms. The van der Waals surface area contributed by atoms with Gasteiger partial charge in [0.05, 0.1) is 18.8 Å². The summed E-state index contributed by atoms with van der Waals surface area (Å²) in [6, 6.07) is 11.5. The molecule has 0 aliphatic carbocycles. The van der Waals surface area contributed by atoms with Gasteiger partial charge in [-0.05, 0) is 43.7 Å². The maximum Gasteiger partial charge on any atom is 0.238 e. The number of hydrogen-bond donors (Lipinski definition) is 2. The Morgan fingerprint density at radius 1 is 1.32 bits per heavy atom. The Kier molecular flexibility index (Phi) is 4.36. The van der Waals surface area contributed by atoms with E-state index in [-0.39, 0.29) is 18.5 Å². The van der Waals surface area contributed by atoms with E-state index in [4.69, 9.17) is 4.42 Å². The van der Waals surface area contributed by atoms with Crippen LogP contribution in [0.15, 0.2) is 47.1 Å². The molecule has 0 bridgehead atoms. The molecule has 0 saturated heterocycles. The second kappa shape index (κ2) is 6.20. The molecule has 1 atom stereocenters. The number of aryl methyl sites for hydroxylation is 1. The summed E-state index contributed by atoms with van der Waals surface area (Å²) in [5.74, 6) is 0.757. The molecule has 0 radical (unpaired) electrons. The normalized spacial score (nSPS) is 12.1. The van der Waals surface area contributed by atoms with Gasteiger partial charge in [0.1, 0.15) is 5.76 Å². The molecule has 1 amide bonds. The van der Waals surface area contributed by atoms with Gasteiger partial charge in [-0.1, -0.05) is 12.1 Å². The second-order valence-electron chi connectivity index (χ2n) is 4.54. The van der Waals surface area contributed by atoms with Gasteiger partial charge in [-0.15, -0.1) is 0 Å². The van der Waals surface area contributed by atoms with Crippen molar-refractivity contribution in [2.75, 3.05) is 11.9 Å². The number of nitrogens with one attached hydrogen (secondary N) is 2. The predicted octanol–water partition coefficient (Wildman–Crippen LogP) is 2.88. The van der Waals surface area contributed by atoms with Gasteiger partial charge in [-0.2, -0.15) is 0 Å². The fraction of sp³-hybridized carbons (Fsp3) is 0.267. The molecule has 0 fully saturated rings. The molecule has 1 unspecified atom stereocenters. The summed E-state index contributed by atoms with van der Waals surface area (Å²) >= 11 is 0. The highest BCUT2D eigenvalue weighted by Crippen LogP contribution is 2.12. The molecule has 4 nitrogen and oxygen atoms in total. The first-order chi connectivity index (χ1) is 9.15. The summed E-state index contributed by atoms with van der Waals surface area (Å²) in [5, 5.41) is 5.97. The maximum absolute atomic E-state index is 11.8. The lowest BCUT2D eigenvalue weighted by Crippen LogP contribution is -2.29. The van der Waals surface area contributed by atoms with E-state index < -0.39 is 0 Å². The van der Waals surface area contributed by atoms with Gasteiger partial charge in [0, 0.05) is 5.69 Å². The van der Waals surface area contributed by atoms with Gasteiger partial charge in [-0.25, -0.2) is 0 Å². The molecular formula is C15H18N2O2. The number of benzene rings is 1. The van der Waals surface area contributed by atoms with E-state index in [1.165, 1.54) is 0 Å². The van der Waals surface area contributed by atoms with E-state index in [0.29, 0.717) is 0 Å². The van der Waals surface area contributed by atoms with E-state index in [2.05, 4.69) is 10.6 Å². The standard InChI is InChI=1S/C15H18N2O2/c1-11-5-3-6-13(9-11)17-15(18)10-16-12(2)14-7-4-8-19-14/h3-9,12,16H,10H2,1-2H3,(H,17,18). The van der Waals surface area contributed by atoms with Gasteiger partial charge >= 0.3 is 0 Å². The lowest BCUT2D eigenvalue weighted by molar-refractivity contribution is -0.115. The molecule has 100 valence electrons. The van der Waals surface area contributed by atoms with Crippen LogP contribution in [0.4, 0.5) is 5.69 Å². The number of rotatable bonds is 5. The molecule has 0 aliphatic heterocycles. The topological polar surface area (TPSA) is 54.3 Å². The molecular weight excluding hydrogens is 240 g/mol. The summed E-state index contributed by atoms with van der Waals surface area (Å²) in [6.07, 6.45) is 1.63. The van der Waals surface area contributed by atoms with Crippen molar-refractivity contribution in [2.24, 2.45) is 0 Å². The van der Waals surface area contributed by atoms with Crippen molar-refractivity contribution in [3.8, 4) is 0 Å². The van der Waals surface area contributed by atoms with Crippen molar-refractivity contribution in [3.05, 3.63) is 54.0 Å². The third-order valence-corrected chi connectivity index (χ3v) is 2.84. The number of carbonyl (C=O) groups excluding carboxylic acids is 1. The lowest BCUT2D eigenvalue weighted by atomic mass is 10.2. The molecule has 0 aliphatic rings. The fourth-order valence-electron chi connectivity index (χ4n) is 1.81. The van der Waals surface area contributed by atoms with E-state index >= 15 is 0 Å². The van der Waals surface area contributed by atoms with Crippen molar-refractivity contribution in [2.45, 2.75) is 19.9 Å². The maximum atomic E-state index is 11.8. The predicted molar refractivity (Wildman–Crippen MR) is 74.9 cm³/mol. The molecule has 2 N–H and O–H groups in total. The van der Waals surface area contributed by atoms with Crippen LogP contribution in [0.25, 0.3) is 0 Å². The van der Waals surface area contributed by atoms with Gasteiger partial charge in [0.15, 0.2) is 0 Å². The molecule has 2 rings (SSSR count). The van der Waals surface area contributed by atoms with Gasteiger partial charge in [-0.3, -0.25) is 10.1 Å². The highest BCUT2D eigenvalue weighted by Gasteiger charge is 2.09. The second-order valence-corrected chi connectivity index (χ2v) is 4.54. The first-order valence-corrected chi connectivity index (χ1v) is 6.28. The Labute approximate surface area is 112 Å². The molecule has 0 spiro atoms. The van der Waals surface area contributed by atoms with E-state index in [1.54, 1.807) is 6.26 Å². The fourth-order valence-corrected chi connectivity index (χ4v) is 1.81. The first-order valence-electron chi connectivity index (χ1n) is 6.28. The molecule has 1 aromatic carbocycles. The van der Waals surface area contributed by atoms with Crippen LogP contribution in [0.1, 0.15) is 24.3 Å². The smallest absolute Gasteiger partial charge is 0.238 e. The Balaban J connectivity index is 1.82. The Morgan fingerprint density at radius 2 is 2.16 bits per heavy atom. The van der Waals surface area contributed by atoms with Crippen LogP contribution in [0, 0.1) is 6.92 Å². The van der Waals surface area contributed by atoms with Crippen LogP contribution < -0.4 is 10.6 Å². The monoisotopic (exact) mass is 258 g/mol. The largest absolute Gasteiger partial charge is 0.468 e. The molecule has 1 heterocycles. The summed E-state index contributed by atoms with van der Waals surface area (Å²) in [7, 11) is 0. The number of hydrogen-bond acceptors (Lipinski definition) is 3. The minimum Gasteiger partial charge on any atom is -0.468 e. The minimum atomic E-state index is -0.0657. The number of carbonyl (C=O) groups is 1. The van der Waals surface area contributed by atoms with Crippen LogP contribution in [0.2, 0.25) is 0 Å². The van der Waals surface area contributed by atoms with Gasteiger partial charge in [0.25, 0.3) is 0 Å². The van der Waals surface area contributed by atoms with Crippen molar-refractivity contribution in [3.63, 3.8) is 0 Å². The van der Waals surface area contributed by atoms with Crippen LogP contribution in [0.3, 0.4) is 0 Å².